The predicted octanol–water partition coefficient (Wildman–Crippen LogP) is 0.478. The Hall–Kier alpha value is -2.41. The molecule has 7 heteroatoms. The molecule has 0 saturated carbocycles. The molecule has 0 radical (unpaired) electrons. The Morgan fingerprint density at radius 2 is 1.79 bits per heavy atom. The maximum Gasteiger partial charge on any atom is 0.308 e. The quantitative estimate of drug-likeness (QED) is 0.628. The summed E-state index contributed by atoms with van der Waals surface area (Å²) in [6, 6.07) is 8.13. The van der Waals surface area contributed by atoms with E-state index in [0.29, 0.717) is 0 Å². The molecule has 0 bridgehead atoms. The minimum atomic E-state index is -1.06. The minimum Gasteiger partial charge on any atom is -0.461 e. The monoisotopic (exact) mass is 335 g/mol. The summed E-state index contributed by atoms with van der Waals surface area (Å²) in [4.78, 5) is 35.1. The molecule has 4 N–H and O–H groups in total. The molecule has 132 valence electrons. The van der Waals surface area contributed by atoms with Crippen molar-refractivity contribution in [2.75, 3.05) is 6.54 Å². The van der Waals surface area contributed by atoms with Gasteiger partial charge in [-0.2, -0.15) is 0 Å². The largest absolute Gasteiger partial charge is 0.461 e. The number of benzene rings is 1. The Morgan fingerprint density at radius 1 is 1.17 bits per heavy atom. The van der Waals surface area contributed by atoms with Gasteiger partial charge in [-0.3, -0.25) is 14.4 Å². The molecule has 1 rings (SSSR count). The number of hydrogen-bond donors (Lipinski definition) is 3. The number of carbonyl (C=O) groups is 3. The number of carbonyl (C=O) groups excluding carboxylic acids is 3. The first-order valence-corrected chi connectivity index (χ1v) is 7.71. The fourth-order valence-electron chi connectivity index (χ4n) is 1.83. The third kappa shape index (κ3) is 8.28. The summed E-state index contributed by atoms with van der Waals surface area (Å²) >= 11 is 0. The summed E-state index contributed by atoms with van der Waals surface area (Å²) in [6.07, 6.45) is -0.250. The molecule has 0 aliphatic carbocycles. The van der Waals surface area contributed by atoms with Crippen molar-refractivity contribution in [1.29, 1.82) is 0 Å². The van der Waals surface area contributed by atoms with E-state index in [1.165, 1.54) is 0 Å². The number of esters is 1. The van der Waals surface area contributed by atoms with E-state index in [2.05, 4.69) is 10.6 Å². The summed E-state index contributed by atoms with van der Waals surface area (Å²) < 4.78 is 5.06. The zero-order chi connectivity index (χ0) is 18.2. The fraction of sp³-hybridized carbons (Fsp3) is 0.471. The van der Waals surface area contributed by atoms with Crippen LogP contribution in [0.5, 0.6) is 0 Å². The fourth-order valence-corrected chi connectivity index (χ4v) is 1.83. The van der Waals surface area contributed by atoms with Crippen LogP contribution >= 0.6 is 0 Å². The first-order chi connectivity index (χ1) is 11.2. The van der Waals surface area contributed by atoms with Crippen LogP contribution in [0.3, 0.4) is 0 Å². The third-order valence-electron chi connectivity index (χ3n) is 2.90. The lowest BCUT2D eigenvalue weighted by Gasteiger charge is -2.20. The van der Waals surface area contributed by atoms with Crippen LogP contribution in [0.4, 0.5) is 0 Å². The van der Waals surface area contributed by atoms with Gasteiger partial charge in [0.1, 0.15) is 6.61 Å². The van der Waals surface area contributed by atoms with Gasteiger partial charge in [0.2, 0.25) is 11.8 Å². The van der Waals surface area contributed by atoms with Crippen molar-refractivity contribution in [3.05, 3.63) is 35.9 Å². The maximum atomic E-state index is 11.8. The third-order valence-corrected chi connectivity index (χ3v) is 2.90. The molecular weight excluding hydrogens is 310 g/mol. The molecule has 7 nitrogen and oxygen atoms in total. The molecule has 0 spiro atoms. The van der Waals surface area contributed by atoms with Crippen LogP contribution in [0.25, 0.3) is 0 Å². The number of hydrogen-bond acceptors (Lipinski definition) is 5. The highest BCUT2D eigenvalue weighted by Gasteiger charge is 2.20. The molecular formula is C17H25N3O4. The molecule has 0 fully saturated rings. The second-order valence-electron chi connectivity index (χ2n) is 6.47. The molecule has 0 saturated heterocycles. The molecule has 1 atom stereocenters. The molecule has 0 aliphatic heterocycles. The van der Waals surface area contributed by atoms with E-state index in [1.807, 2.05) is 51.1 Å². The summed E-state index contributed by atoms with van der Waals surface area (Å²) in [6.45, 7) is 5.44. The van der Waals surface area contributed by atoms with Gasteiger partial charge in [0, 0.05) is 5.54 Å². The van der Waals surface area contributed by atoms with Gasteiger partial charge in [0.05, 0.1) is 19.0 Å². The van der Waals surface area contributed by atoms with Gasteiger partial charge in [-0.05, 0) is 26.3 Å². The molecule has 0 heterocycles. The van der Waals surface area contributed by atoms with Crippen LogP contribution in [0.1, 0.15) is 32.8 Å². The van der Waals surface area contributed by atoms with E-state index in [4.69, 9.17) is 10.5 Å². The lowest BCUT2D eigenvalue weighted by molar-refractivity contribution is -0.146. The van der Waals surface area contributed by atoms with Crippen molar-refractivity contribution < 1.29 is 19.1 Å². The van der Waals surface area contributed by atoms with Crippen molar-refractivity contribution in [3.63, 3.8) is 0 Å². The molecule has 2 amide bonds. The van der Waals surface area contributed by atoms with Gasteiger partial charge in [0.15, 0.2) is 0 Å². The summed E-state index contributed by atoms with van der Waals surface area (Å²) in [7, 11) is 0. The first-order valence-electron chi connectivity index (χ1n) is 7.71. The average Bonchev–Trinajstić information content (AvgIpc) is 2.50. The highest BCUT2D eigenvalue weighted by molar-refractivity contribution is 5.89. The molecule has 1 aromatic rings. The Bertz CT molecular complexity index is 567. The lowest BCUT2D eigenvalue weighted by atomic mass is 10.1. The second-order valence-corrected chi connectivity index (χ2v) is 6.47. The number of amides is 2. The number of nitrogens with one attached hydrogen (secondary N) is 2. The molecule has 0 aromatic heterocycles. The summed E-state index contributed by atoms with van der Waals surface area (Å²) in [5.41, 5.74) is 6.12. The Kier molecular flexibility index (Phi) is 7.38. The van der Waals surface area contributed by atoms with Crippen LogP contribution < -0.4 is 16.4 Å². The van der Waals surface area contributed by atoms with E-state index in [0.717, 1.165) is 5.56 Å². The van der Waals surface area contributed by atoms with Gasteiger partial charge < -0.3 is 21.1 Å². The van der Waals surface area contributed by atoms with Crippen molar-refractivity contribution in [1.82, 2.24) is 10.6 Å². The van der Waals surface area contributed by atoms with E-state index in [-0.39, 0.29) is 31.0 Å². The molecule has 24 heavy (non-hydrogen) atoms. The zero-order valence-electron chi connectivity index (χ0n) is 14.3. The van der Waals surface area contributed by atoms with Gasteiger partial charge >= 0.3 is 5.97 Å². The van der Waals surface area contributed by atoms with Crippen LogP contribution in [0.15, 0.2) is 30.3 Å². The minimum absolute atomic E-state index is 0.127. The number of rotatable bonds is 7. The van der Waals surface area contributed by atoms with Crippen LogP contribution in [0, 0.1) is 0 Å². The summed E-state index contributed by atoms with van der Waals surface area (Å²) in [5.74, 6) is -1.47. The lowest BCUT2D eigenvalue weighted by Crippen LogP contribution is -2.49. The second kappa shape index (κ2) is 9.02. The number of ether oxygens (including phenoxy) is 1. The Morgan fingerprint density at radius 3 is 2.38 bits per heavy atom. The first kappa shape index (κ1) is 19.6. The normalized spacial score (nSPS) is 12.2. The maximum absolute atomic E-state index is 11.8. The van der Waals surface area contributed by atoms with E-state index < -0.39 is 17.9 Å². The molecule has 1 aromatic carbocycles. The van der Waals surface area contributed by atoms with Gasteiger partial charge in [-0.1, -0.05) is 30.3 Å². The number of nitrogens with two attached hydrogens (primary N) is 1. The van der Waals surface area contributed by atoms with Crippen molar-refractivity contribution in [2.45, 2.75) is 45.4 Å². The zero-order valence-corrected chi connectivity index (χ0v) is 14.3. The highest BCUT2D eigenvalue weighted by atomic mass is 16.5. The smallest absolute Gasteiger partial charge is 0.308 e. The standard InChI is InChI=1S/C17H25N3O4/c1-17(2,3)20-14(21)10-19-16(23)13(18)9-15(22)24-11-12-7-5-4-6-8-12/h4-8,13H,9-11,18H2,1-3H3,(H,19,23)(H,20,21)/t13-/m0/s1. The SMILES string of the molecule is CC(C)(C)NC(=O)CNC(=O)[C@@H](N)CC(=O)OCc1ccccc1. The summed E-state index contributed by atoms with van der Waals surface area (Å²) in [5, 5.41) is 5.11. The van der Waals surface area contributed by atoms with E-state index in [1.54, 1.807) is 0 Å². The Labute approximate surface area is 141 Å². The van der Waals surface area contributed by atoms with Gasteiger partial charge in [-0.25, -0.2) is 0 Å². The van der Waals surface area contributed by atoms with Gasteiger partial charge in [0.25, 0.3) is 0 Å². The predicted molar refractivity (Wildman–Crippen MR) is 89.7 cm³/mol. The highest BCUT2D eigenvalue weighted by Crippen LogP contribution is 2.02. The topological polar surface area (TPSA) is 111 Å². The van der Waals surface area contributed by atoms with Gasteiger partial charge in [-0.15, -0.1) is 0 Å². The van der Waals surface area contributed by atoms with Crippen molar-refractivity contribution in [2.24, 2.45) is 5.73 Å². The average molecular weight is 335 g/mol. The van der Waals surface area contributed by atoms with Crippen molar-refractivity contribution in [3.8, 4) is 0 Å². The molecule has 0 aliphatic rings. The van der Waals surface area contributed by atoms with E-state index in [9.17, 15) is 14.4 Å². The molecule has 0 unspecified atom stereocenters. The van der Waals surface area contributed by atoms with E-state index >= 15 is 0 Å². The Balaban J connectivity index is 2.30. The van der Waals surface area contributed by atoms with Crippen LogP contribution in [-0.4, -0.2) is 35.9 Å². The van der Waals surface area contributed by atoms with Crippen LogP contribution in [-0.2, 0) is 25.7 Å². The van der Waals surface area contributed by atoms with Crippen LogP contribution in [0.2, 0.25) is 0 Å². The van der Waals surface area contributed by atoms with Crippen molar-refractivity contribution >= 4 is 17.8 Å².